The molecule has 2 aliphatic heterocycles. The molecule has 0 radical (unpaired) electrons. The predicted octanol–water partition coefficient (Wildman–Crippen LogP) is 3.02. The Balaban J connectivity index is 0.00000144. The molecule has 3 rings (SSSR count). The van der Waals surface area contributed by atoms with Gasteiger partial charge in [0.15, 0.2) is 0 Å². The van der Waals surface area contributed by atoms with Gasteiger partial charge in [-0.15, -0.1) is 24.8 Å². The van der Waals surface area contributed by atoms with E-state index in [0.717, 1.165) is 45.6 Å². The van der Waals surface area contributed by atoms with Crippen molar-refractivity contribution in [3.8, 4) is 0 Å². The molecule has 1 unspecified atom stereocenters. The Bertz CT molecular complexity index is 539. The quantitative estimate of drug-likeness (QED) is 0.865. The fraction of sp³-hybridized carbons (Fsp3) is 0.611. The molecule has 2 aliphatic rings. The van der Waals surface area contributed by atoms with Gasteiger partial charge in [0.1, 0.15) is 0 Å². The minimum Gasteiger partial charge on any atom is -0.368 e. The van der Waals surface area contributed by atoms with E-state index in [1.165, 1.54) is 17.7 Å². The summed E-state index contributed by atoms with van der Waals surface area (Å²) in [6.45, 7) is 8.68. The second-order valence-corrected chi connectivity index (χ2v) is 6.78. The van der Waals surface area contributed by atoms with Crippen molar-refractivity contribution in [3.05, 3.63) is 29.8 Å². The van der Waals surface area contributed by atoms with Gasteiger partial charge in [0.2, 0.25) is 5.91 Å². The fourth-order valence-corrected chi connectivity index (χ4v) is 3.66. The van der Waals surface area contributed by atoms with Crippen molar-refractivity contribution in [2.75, 3.05) is 37.6 Å². The highest BCUT2D eigenvalue weighted by atomic mass is 35.5. The molecular weight excluding hydrogens is 345 g/mol. The van der Waals surface area contributed by atoms with Gasteiger partial charge in [-0.25, -0.2) is 0 Å². The Labute approximate surface area is 157 Å². The lowest BCUT2D eigenvalue weighted by Gasteiger charge is -2.42. The van der Waals surface area contributed by atoms with Gasteiger partial charge >= 0.3 is 0 Å². The van der Waals surface area contributed by atoms with E-state index in [1.807, 2.05) is 4.90 Å². The first-order valence-corrected chi connectivity index (χ1v) is 8.45. The third-order valence-corrected chi connectivity index (χ3v) is 5.11. The zero-order valence-electron chi connectivity index (χ0n) is 14.6. The van der Waals surface area contributed by atoms with E-state index in [1.54, 1.807) is 0 Å². The molecule has 1 aromatic carbocycles. The van der Waals surface area contributed by atoms with Gasteiger partial charge in [-0.3, -0.25) is 4.79 Å². The first-order valence-electron chi connectivity index (χ1n) is 8.45. The maximum Gasteiger partial charge on any atom is 0.242 e. The molecule has 0 spiro atoms. The average molecular weight is 374 g/mol. The number of carbonyl (C=O) groups excluding carboxylic acids is 1. The number of para-hydroxylation sites is 1. The minimum absolute atomic E-state index is 0. The van der Waals surface area contributed by atoms with E-state index in [-0.39, 0.29) is 36.3 Å². The van der Waals surface area contributed by atoms with Gasteiger partial charge in [0.25, 0.3) is 0 Å². The summed E-state index contributed by atoms with van der Waals surface area (Å²) in [6, 6.07) is 8.50. The van der Waals surface area contributed by atoms with Gasteiger partial charge in [0, 0.05) is 31.9 Å². The fourth-order valence-electron chi connectivity index (χ4n) is 3.66. The molecule has 2 saturated heterocycles. The molecule has 1 aromatic rings. The van der Waals surface area contributed by atoms with Gasteiger partial charge in [-0.2, -0.15) is 0 Å². The monoisotopic (exact) mass is 373 g/mol. The van der Waals surface area contributed by atoms with Crippen molar-refractivity contribution in [1.29, 1.82) is 0 Å². The second-order valence-electron chi connectivity index (χ2n) is 6.78. The third kappa shape index (κ3) is 4.35. The smallest absolute Gasteiger partial charge is 0.242 e. The van der Waals surface area contributed by atoms with Crippen LogP contribution in [0.1, 0.15) is 31.7 Å². The molecule has 0 aliphatic carbocycles. The number of aryl methyl sites for hydroxylation is 1. The summed E-state index contributed by atoms with van der Waals surface area (Å²) in [5, 5.41) is 3.44. The van der Waals surface area contributed by atoms with E-state index in [9.17, 15) is 4.79 Å². The normalized spacial score (nSPS) is 23.9. The van der Waals surface area contributed by atoms with Crippen LogP contribution in [0.25, 0.3) is 0 Å². The summed E-state index contributed by atoms with van der Waals surface area (Å²) >= 11 is 0. The number of nitrogens with one attached hydrogen (secondary N) is 1. The number of halogens is 2. The van der Waals surface area contributed by atoms with Crippen LogP contribution in [0.5, 0.6) is 0 Å². The molecule has 4 nitrogen and oxygen atoms in total. The Hall–Kier alpha value is -0.970. The van der Waals surface area contributed by atoms with Crippen molar-refractivity contribution >= 4 is 36.4 Å². The SMILES string of the molecule is Cc1ccccc1N1CCN(C(=O)C2(C)CCCCN2)CC1.Cl.Cl. The highest BCUT2D eigenvalue weighted by molar-refractivity contribution is 5.86. The molecule has 1 atom stereocenters. The number of piperazine rings is 1. The topological polar surface area (TPSA) is 35.6 Å². The zero-order chi connectivity index (χ0) is 15.6. The molecule has 2 heterocycles. The molecule has 136 valence electrons. The molecule has 1 amide bonds. The van der Waals surface area contributed by atoms with E-state index in [0.29, 0.717) is 0 Å². The van der Waals surface area contributed by atoms with Crippen LogP contribution in [0.2, 0.25) is 0 Å². The maximum atomic E-state index is 12.8. The summed E-state index contributed by atoms with van der Waals surface area (Å²) in [5.74, 6) is 0.289. The first kappa shape index (κ1) is 21.1. The van der Waals surface area contributed by atoms with Crippen LogP contribution >= 0.6 is 24.8 Å². The number of carbonyl (C=O) groups is 1. The van der Waals surface area contributed by atoms with Gasteiger partial charge in [-0.1, -0.05) is 18.2 Å². The molecule has 0 bridgehead atoms. The lowest BCUT2D eigenvalue weighted by Crippen LogP contribution is -2.61. The lowest BCUT2D eigenvalue weighted by atomic mass is 9.89. The van der Waals surface area contributed by atoms with E-state index >= 15 is 0 Å². The summed E-state index contributed by atoms with van der Waals surface area (Å²) in [4.78, 5) is 17.3. The number of nitrogens with zero attached hydrogens (tertiary/aromatic N) is 2. The third-order valence-electron chi connectivity index (χ3n) is 5.11. The van der Waals surface area contributed by atoms with Crippen LogP contribution in [0.4, 0.5) is 5.69 Å². The second kappa shape index (κ2) is 8.93. The predicted molar refractivity (Wildman–Crippen MR) is 105 cm³/mol. The van der Waals surface area contributed by atoms with Crippen LogP contribution in [-0.4, -0.2) is 49.1 Å². The summed E-state index contributed by atoms with van der Waals surface area (Å²) in [7, 11) is 0. The van der Waals surface area contributed by atoms with Crippen molar-refractivity contribution in [3.63, 3.8) is 0 Å². The Kier molecular flexibility index (Phi) is 7.84. The standard InChI is InChI=1S/C18H27N3O.2ClH/c1-15-7-3-4-8-16(15)20-11-13-21(14-12-20)17(22)18(2)9-5-6-10-19-18;;/h3-4,7-8,19H,5-6,9-14H2,1-2H3;2*1H. The van der Waals surface area contributed by atoms with Gasteiger partial charge in [-0.05, 0) is 51.3 Å². The highest BCUT2D eigenvalue weighted by Gasteiger charge is 2.38. The van der Waals surface area contributed by atoms with Gasteiger partial charge < -0.3 is 15.1 Å². The summed E-state index contributed by atoms with van der Waals surface area (Å²) < 4.78 is 0. The van der Waals surface area contributed by atoms with E-state index in [4.69, 9.17) is 0 Å². The molecule has 6 heteroatoms. The van der Waals surface area contributed by atoms with Crippen LogP contribution < -0.4 is 10.2 Å². The van der Waals surface area contributed by atoms with Crippen molar-refractivity contribution < 1.29 is 4.79 Å². The molecule has 2 fully saturated rings. The number of rotatable bonds is 2. The number of hydrogen-bond acceptors (Lipinski definition) is 3. The Morgan fingerprint density at radius 3 is 2.33 bits per heavy atom. The van der Waals surface area contributed by atoms with E-state index in [2.05, 4.69) is 48.3 Å². The first-order chi connectivity index (χ1) is 10.6. The van der Waals surface area contributed by atoms with Crippen LogP contribution in [0.3, 0.4) is 0 Å². The molecule has 1 N–H and O–H groups in total. The number of piperidine rings is 1. The van der Waals surface area contributed by atoms with Crippen LogP contribution in [0, 0.1) is 6.92 Å². The molecule has 0 saturated carbocycles. The average Bonchev–Trinajstić information content (AvgIpc) is 2.55. The Morgan fingerprint density at radius 1 is 1.08 bits per heavy atom. The molecule has 24 heavy (non-hydrogen) atoms. The van der Waals surface area contributed by atoms with Crippen molar-refractivity contribution in [2.45, 2.75) is 38.6 Å². The molecular formula is C18H29Cl2N3O. The van der Waals surface area contributed by atoms with Crippen molar-refractivity contribution in [1.82, 2.24) is 10.2 Å². The largest absolute Gasteiger partial charge is 0.368 e. The van der Waals surface area contributed by atoms with Crippen LogP contribution in [0.15, 0.2) is 24.3 Å². The highest BCUT2D eigenvalue weighted by Crippen LogP contribution is 2.24. The number of anilines is 1. The maximum absolute atomic E-state index is 12.8. The minimum atomic E-state index is -0.344. The van der Waals surface area contributed by atoms with Crippen molar-refractivity contribution in [2.24, 2.45) is 0 Å². The number of amides is 1. The summed E-state index contributed by atoms with van der Waals surface area (Å²) in [5.41, 5.74) is 2.27. The van der Waals surface area contributed by atoms with Gasteiger partial charge in [0.05, 0.1) is 5.54 Å². The lowest BCUT2D eigenvalue weighted by molar-refractivity contribution is -0.139. The summed E-state index contributed by atoms with van der Waals surface area (Å²) in [6.07, 6.45) is 3.30. The Morgan fingerprint density at radius 2 is 1.75 bits per heavy atom. The van der Waals surface area contributed by atoms with Crippen LogP contribution in [-0.2, 0) is 4.79 Å². The number of hydrogen-bond donors (Lipinski definition) is 1. The molecule has 0 aromatic heterocycles. The zero-order valence-corrected chi connectivity index (χ0v) is 16.2. The number of benzene rings is 1. The van der Waals surface area contributed by atoms with E-state index < -0.39 is 0 Å².